The third-order valence-electron chi connectivity index (χ3n) is 4.33. The molecule has 160 valence electrons. The first-order valence-electron chi connectivity index (χ1n) is 9.09. The summed E-state index contributed by atoms with van der Waals surface area (Å²) in [7, 11) is -0.990. The fourth-order valence-electron chi connectivity index (χ4n) is 2.67. The molecule has 0 aliphatic carbocycles. The number of hydrogen-bond donors (Lipinski definition) is 2. The smallest absolute Gasteiger partial charge is 0.337 e. The molecule has 0 heterocycles. The molecule has 0 spiro atoms. The topological polar surface area (TPSA) is 111 Å². The van der Waals surface area contributed by atoms with Gasteiger partial charge in [-0.05, 0) is 72.8 Å². The summed E-state index contributed by atoms with van der Waals surface area (Å²) in [5.41, 5.74) is 1.52. The summed E-state index contributed by atoms with van der Waals surface area (Å²) in [5, 5.41) is 2.71. The zero-order valence-electron chi connectivity index (χ0n) is 16.8. The second kappa shape index (κ2) is 9.31. The second-order valence-corrected chi connectivity index (χ2v) is 8.06. The van der Waals surface area contributed by atoms with Crippen LogP contribution >= 0.6 is 0 Å². The third-order valence-corrected chi connectivity index (χ3v) is 5.73. The average molecular weight is 440 g/mol. The van der Waals surface area contributed by atoms with Crippen LogP contribution in [0.3, 0.4) is 0 Å². The Kier molecular flexibility index (Phi) is 6.56. The van der Waals surface area contributed by atoms with E-state index in [1.807, 2.05) is 0 Å². The first kappa shape index (κ1) is 21.8. The van der Waals surface area contributed by atoms with Crippen LogP contribution < -0.4 is 14.8 Å². The van der Waals surface area contributed by atoms with Crippen LogP contribution in [0.5, 0.6) is 5.75 Å². The number of esters is 1. The largest absolute Gasteiger partial charge is 0.497 e. The summed E-state index contributed by atoms with van der Waals surface area (Å²) in [4.78, 5) is 24.0. The summed E-state index contributed by atoms with van der Waals surface area (Å²) in [5.74, 6) is -0.296. The van der Waals surface area contributed by atoms with Crippen molar-refractivity contribution in [1.29, 1.82) is 0 Å². The van der Waals surface area contributed by atoms with Gasteiger partial charge in [-0.1, -0.05) is 0 Å². The summed E-state index contributed by atoms with van der Waals surface area (Å²) in [6, 6.07) is 18.2. The summed E-state index contributed by atoms with van der Waals surface area (Å²) < 4.78 is 37.1. The lowest BCUT2D eigenvalue weighted by Gasteiger charge is -2.10. The molecule has 2 N–H and O–H groups in total. The van der Waals surface area contributed by atoms with E-state index in [0.717, 1.165) is 0 Å². The van der Waals surface area contributed by atoms with Crippen LogP contribution in [0.4, 0.5) is 11.4 Å². The molecule has 3 aromatic rings. The minimum Gasteiger partial charge on any atom is -0.497 e. The number of amides is 1. The number of hydrogen-bond acceptors (Lipinski definition) is 6. The van der Waals surface area contributed by atoms with Gasteiger partial charge < -0.3 is 14.8 Å². The molecule has 3 rings (SSSR count). The van der Waals surface area contributed by atoms with Crippen molar-refractivity contribution in [3.05, 3.63) is 83.9 Å². The Labute approximate surface area is 179 Å². The number of methoxy groups -OCH3 is 2. The van der Waals surface area contributed by atoms with Crippen LogP contribution in [-0.2, 0) is 14.8 Å². The van der Waals surface area contributed by atoms with Crippen molar-refractivity contribution in [2.45, 2.75) is 4.90 Å². The first-order chi connectivity index (χ1) is 14.8. The Morgan fingerprint density at radius 2 is 1.29 bits per heavy atom. The van der Waals surface area contributed by atoms with Gasteiger partial charge in [0, 0.05) is 16.9 Å². The SMILES string of the molecule is COC(=O)c1ccc(NC(=O)c2ccc(NS(=O)(=O)c3ccc(OC)cc3)cc2)cc1. The normalized spacial score (nSPS) is 10.8. The maximum absolute atomic E-state index is 12.5. The molecule has 3 aromatic carbocycles. The molecule has 0 aliphatic rings. The summed E-state index contributed by atoms with van der Waals surface area (Å²) in [6.07, 6.45) is 0. The Morgan fingerprint density at radius 3 is 1.84 bits per heavy atom. The molecule has 0 unspecified atom stereocenters. The van der Waals surface area contributed by atoms with Crippen molar-refractivity contribution < 1.29 is 27.5 Å². The summed E-state index contributed by atoms with van der Waals surface area (Å²) in [6.45, 7) is 0. The number of ether oxygens (including phenoxy) is 2. The van der Waals surface area contributed by atoms with Crippen molar-refractivity contribution in [1.82, 2.24) is 0 Å². The van der Waals surface area contributed by atoms with Crippen LogP contribution in [0.25, 0.3) is 0 Å². The van der Waals surface area contributed by atoms with Crippen molar-refractivity contribution in [2.24, 2.45) is 0 Å². The molecule has 0 saturated carbocycles. The molecule has 0 saturated heterocycles. The van der Waals surface area contributed by atoms with Crippen LogP contribution in [0.1, 0.15) is 20.7 Å². The number of sulfonamides is 1. The molecule has 0 fully saturated rings. The molecule has 9 heteroatoms. The number of nitrogens with one attached hydrogen (secondary N) is 2. The van der Waals surface area contributed by atoms with Crippen molar-refractivity contribution >= 4 is 33.3 Å². The number of carbonyl (C=O) groups excluding carboxylic acids is 2. The fraction of sp³-hybridized carbons (Fsp3) is 0.0909. The van der Waals surface area contributed by atoms with E-state index in [1.165, 1.54) is 50.6 Å². The van der Waals surface area contributed by atoms with Crippen molar-refractivity contribution in [3.8, 4) is 5.75 Å². The van der Waals surface area contributed by atoms with Gasteiger partial charge in [0.25, 0.3) is 15.9 Å². The zero-order valence-corrected chi connectivity index (χ0v) is 17.6. The molecular weight excluding hydrogens is 420 g/mol. The average Bonchev–Trinajstić information content (AvgIpc) is 2.79. The van der Waals surface area contributed by atoms with Crippen LogP contribution in [0.15, 0.2) is 77.7 Å². The Hall–Kier alpha value is -3.85. The summed E-state index contributed by atoms with van der Waals surface area (Å²) >= 11 is 0. The van der Waals surface area contributed by atoms with Crippen LogP contribution in [0, 0.1) is 0 Å². The minimum absolute atomic E-state index is 0.0884. The first-order valence-corrected chi connectivity index (χ1v) is 10.6. The number of benzene rings is 3. The number of carbonyl (C=O) groups is 2. The molecule has 0 bridgehead atoms. The lowest BCUT2D eigenvalue weighted by Crippen LogP contribution is -2.14. The van der Waals surface area contributed by atoms with E-state index in [1.54, 1.807) is 36.4 Å². The predicted molar refractivity (Wildman–Crippen MR) is 116 cm³/mol. The highest BCUT2D eigenvalue weighted by Gasteiger charge is 2.15. The number of rotatable bonds is 7. The standard InChI is InChI=1S/C22H20N2O6S/c1-29-19-11-13-20(14-12-19)31(27,28)24-18-9-3-15(4-10-18)21(25)23-17-7-5-16(6-8-17)22(26)30-2/h3-14,24H,1-2H3,(H,23,25). The van der Waals surface area contributed by atoms with Gasteiger partial charge in [0.1, 0.15) is 5.75 Å². The van der Waals surface area contributed by atoms with Gasteiger partial charge in [0.2, 0.25) is 0 Å². The molecule has 0 radical (unpaired) electrons. The molecule has 0 aliphatic heterocycles. The van der Waals surface area contributed by atoms with E-state index in [-0.39, 0.29) is 10.8 Å². The van der Waals surface area contributed by atoms with Gasteiger partial charge in [0.05, 0.1) is 24.7 Å². The number of anilines is 2. The predicted octanol–water partition coefficient (Wildman–Crippen LogP) is 3.53. The van der Waals surface area contributed by atoms with E-state index in [0.29, 0.717) is 28.3 Å². The lowest BCUT2D eigenvalue weighted by molar-refractivity contribution is 0.0600. The third kappa shape index (κ3) is 5.40. The quantitative estimate of drug-likeness (QED) is 0.544. The highest BCUT2D eigenvalue weighted by Crippen LogP contribution is 2.20. The van der Waals surface area contributed by atoms with E-state index >= 15 is 0 Å². The highest BCUT2D eigenvalue weighted by molar-refractivity contribution is 7.92. The van der Waals surface area contributed by atoms with Gasteiger partial charge in [0.15, 0.2) is 0 Å². The molecule has 0 atom stereocenters. The monoisotopic (exact) mass is 440 g/mol. The van der Waals surface area contributed by atoms with E-state index in [9.17, 15) is 18.0 Å². The highest BCUT2D eigenvalue weighted by atomic mass is 32.2. The maximum Gasteiger partial charge on any atom is 0.337 e. The lowest BCUT2D eigenvalue weighted by atomic mass is 10.1. The van der Waals surface area contributed by atoms with Gasteiger partial charge in [-0.15, -0.1) is 0 Å². The molecule has 8 nitrogen and oxygen atoms in total. The Morgan fingerprint density at radius 1 is 0.742 bits per heavy atom. The second-order valence-electron chi connectivity index (χ2n) is 6.38. The molecule has 31 heavy (non-hydrogen) atoms. The minimum atomic E-state index is -3.78. The van der Waals surface area contributed by atoms with Gasteiger partial charge >= 0.3 is 5.97 Å². The molecule has 0 aromatic heterocycles. The fourth-order valence-corrected chi connectivity index (χ4v) is 3.73. The van der Waals surface area contributed by atoms with E-state index < -0.39 is 16.0 Å². The van der Waals surface area contributed by atoms with Gasteiger partial charge in [-0.25, -0.2) is 13.2 Å². The maximum atomic E-state index is 12.5. The van der Waals surface area contributed by atoms with Gasteiger partial charge in [-0.3, -0.25) is 9.52 Å². The van der Waals surface area contributed by atoms with Crippen molar-refractivity contribution in [2.75, 3.05) is 24.3 Å². The Bertz CT molecular complexity index is 1170. The van der Waals surface area contributed by atoms with Crippen molar-refractivity contribution in [3.63, 3.8) is 0 Å². The molecule has 1 amide bonds. The zero-order chi connectivity index (χ0) is 22.4. The van der Waals surface area contributed by atoms with Crippen LogP contribution in [-0.4, -0.2) is 34.5 Å². The molecular formula is C22H20N2O6S. The van der Waals surface area contributed by atoms with E-state index in [2.05, 4.69) is 14.8 Å². The van der Waals surface area contributed by atoms with Crippen LogP contribution in [0.2, 0.25) is 0 Å². The van der Waals surface area contributed by atoms with E-state index in [4.69, 9.17) is 4.74 Å². The van der Waals surface area contributed by atoms with Gasteiger partial charge in [-0.2, -0.15) is 0 Å². The Balaban J connectivity index is 1.66.